The summed E-state index contributed by atoms with van der Waals surface area (Å²) in [4.78, 5) is 0. The van der Waals surface area contributed by atoms with E-state index in [1.54, 1.807) is 0 Å². The highest BCUT2D eigenvalue weighted by Crippen LogP contribution is 2.32. The van der Waals surface area contributed by atoms with E-state index in [0.29, 0.717) is 5.92 Å². The molecule has 0 aromatic heterocycles. The molecule has 3 aromatic rings. The summed E-state index contributed by atoms with van der Waals surface area (Å²) in [5, 5.41) is 5.82. The number of hydrogen-bond acceptors (Lipinski definition) is 2. The molecule has 2 nitrogen and oxygen atoms in total. The molecule has 2 heteroatoms. The molecule has 0 aliphatic carbocycles. The lowest BCUT2D eigenvalue weighted by Crippen LogP contribution is -2.11. The van der Waals surface area contributed by atoms with Crippen LogP contribution in [0.25, 0.3) is 10.8 Å². The third kappa shape index (κ3) is 3.08. The van der Waals surface area contributed by atoms with Crippen LogP contribution in [0.1, 0.15) is 12.0 Å². The predicted molar refractivity (Wildman–Crippen MR) is 95.1 cm³/mol. The second kappa shape index (κ2) is 6.43. The maximum absolute atomic E-state index is 6.31. The van der Waals surface area contributed by atoms with Crippen LogP contribution >= 0.6 is 0 Å². The van der Waals surface area contributed by atoms with Crippen LogP contribution < -0.4 is 10.1 Å². The van der Waals surface area contributed by atoms with Crippen molar-refractivity contribution in [2.75, 3.05) is 13.1 Å². The summed E-state index contributed by atoms with van der Waals surface area (Å²) in [6.45, 7) is 2.25. The monoisotopic (exact) mass is 303 g/mol. The summed E-state index contributed by atoms with van der Waals surface area (Å²) in [5.41, 5.74) is 1.30. The first-order valence-corrected chi connectivity index (χ1v) is 8.34. The maximum atomic E-state index is 6.31. The van der Waals surface area contributed by atoms with Gasteiger partial charge in [0.1, 0.15) is 11.5 Å². The minimum Gasteiger partial charge on any atom is -0.456 e. The van der Waals surface area contributed by atoms with Gasteiger partial charge in [-0.2, -0.15) is 0 Å². The van der Waals surface area contributed by atoms with Crippen molar-refractivity contribution in [3.05, 3.63) is 72.3 Å². The van der Waals surface area contributed by atoms with E-state index in [-0.39, 0.29) is 0 Å². The van der Waals surface area contributed by atoms with Crippen LogP contribution in [-0.2, 0) is 6.42 Å². The Kier molecular flexibility index (Phi) is 3.99. The van der Waals surface area contributed by atoms with Crippen molar-refractivity contribution in [2.24, 2.45) is 5.92 Å². The van der Waals surface area contributed by atoms with Crippen LogP contribution in [0.3, 0.4) is 0 Å². The van der Waals surface area contributed by atoms with Crippen molar-refractivity contribution < 1.29 is 4.74 Å². The number of hydrogen-bond donors (Lipinski definition) is 1. The fraction of sp³-hybridized carbons (Fsp3) is 0.238. The van der Waals surface area contributed by atoms with Gasteiger partial charge in [0, 0.05) is 5.39 Å². The molecule has 3 aromatic carbocycles. The summed E-state index contributed by atoms with van der Waals surface area (Å²) in [5.74, 6) is 2.63. The van der Waals surface area contributed by atoms with Gasteiger partial charge in [-0.25, -0.2) is 0 Å². The topological polar surface area (TPSA) is 21.3 Å². The highest BCUT2D eigenvalue weighted by Gasteiger charge is 2.17. The average Bonchev–Trinajstić information content (AvgIpc) is 3.10. The number of benzene rings is 3. The molecular formula is C21H21NO. The summed E-state index contributed by atoms with van der Waals surface area (Å²) in [6, 6.07) is 23.0. The standard InChI is InChI=1S/C21H21NO/c1-3-9-19-17(6-1)8-5-11-21(19)23-20-10-4-2-7-18(20)14-16-12-13-22-15-16/h1-11,16,22H,12-15H2. The van der Waals surface area contributed by atoms with Gasteiger partial charge < -0.3 is 10.1 Å². The van der Waals surface area contributed by atoms with E-state index >= 15 is 0 Å². The summed E-state index contributed by atoms with van der Waals surface area (Å²) >= 11 is 0. The fourth-order valence-corrected chi connectivity index (χ4v) is 3.37. The van der Waals surface area contributed by atoms with Gasteiger partial charge in [-0.05, 0) is 54.9 Å². The Hall–Kier alpha value is -2.32. The number of nitrogens with one attached hydrogen (secondary N) is 1. The molecule has 4 rings (SSSR count). The molecule has 0 saturated carbocycles. The van der Waals surface area contributed by atoms with E-state index in [9.17, 15) is 0 Å². The minimum atomic E-state index is 0.715. The number of ether oxygens (including phenoxy) is 1. The lowest BCUT2D eigenvalue weighted by atomic mass is 9.98. The van der Waals surface area contributed by atoms with Gasteiger partial charge in [-0.3, -0.25) is 0 Å². The van der Waals surface area contributed by atoms with Gasteiger partial charge in [0.15, 0.2) is 0 Å². The van der Waals surface area contributed by atoms with E-state index in [1.165, 1.54) is 17.4 Å². The van der Waals surface area contributed by atoms with Crippen molar-refractivity contribution in [3.63, 3.8) is 0 Å². The van der Waals surface area contributed by atoms with Crippen molar-refractivity contribution in [3.8, 4) is 11.5 Å². The molecular weight excluding hydrogens is 282 g/mol. The molecule has 116 valence electrons. The molecule has 23 heavy (non-hydrogen) atoms. The summed E-state index contributed by atoms with van der Waals surface area (Å²) in [7, 11) is 0. The third-order valence-corrected chi connectivity index (χ3v) is 4.61. The van der Waals surface area contributed by atoms with E-state index in [2.05, 4.69) is 72.0 Å². The molecule has 1 saturated heterocycles. The van der Waals surface area contributed by atoms with Crippen molar-refractivity contribution in [1.29, 1.82) is 0 Å². The molecule has 1 aliphatic rings. The van der Waals surface area contributed by atoms with Crippen LogP contribution in [0.15, 0.2) is 66.7 Å². The van der Waals surface area contributed by atoms with Crippen LogP contribution in [0, 0.1) is 5.92 Å². The first-order valence-electron chi connectivity index (χ1n) is 8.34. The zero-order chi connectivity index (χ0) is 15.5. The Morgan fingerprint density at radius 2 is 1.65 bits per heavy atom. The van der Waals surface area contributed by atoms with E-state index < -0.39 is 0 Å². The molecule has 1 atom stereocenters. The van der Waals surface area contributed by atoms with E-state index in [0.717, 1.165) is 36.4 Å². The van der Waals surface area contributed by atoms with Gasteiger partial charge in [0.05, 0.1) is 0 Å². The largest absolute Gasteiger partial charge is 0.456 e. The second-order valence-corrected chi connectivity index (χ2v) is 6.25. The normalized spacial score (nSPS) is 17.5. The highest BCUT2D eigenvalue weighted by atomic mass is 16.5. The first kappa shape index (κ1) is 14.3. The fourth-order valence-electron chi connectivity index (χ4n) is 3.37. The molecule has 0 radical (unpaired) electrons. The summed E-state index contributed by atoms with van der Waals surface area (Å²) in [6.07, 6.45) is 2.33. The highest BCUT2D eigenvalue weighted by molar-refractivity contribution is 5.88. The first-order chi connectivity index (χ1) is 11.4. The van der Waals surface area contributed by atoms with Gasteiger partial charge in [-0.1, -0.05) is 54.6 Å². The molecule has 1 fully saturated rings. The van der Waals surface area contributed by atoms with Gasteiger partial charge in [-0.15, -0.1) is 0 Å². The third-order valence-electron chi connectivity index (χ3n) is 4.61. The maximum Gasteiger partial charge on any atom is 0.135 e. The van der Waals surface area contributed by atoms with Gasteiger partial charge in [0.25, 0.3) is 0 Å². The molecule has 1 heterocycles. The predicted octanol–water partition coefficient (Wildman–Crippen LogP) is 4.78. The molecule has 0 bridgehead atoms. The number of rotatable bonds is 4. The lowest BCUT2D eigenvalue weighted by molar-refractivity contribution is 0.472. The average molecular weight is 303 g/mol. The Balaban J connectivity index is 1.65. The van der Waals surface area contributed by atoms with E-state index in [1.807, 2.05) is 0 Å². The number of fused-ring (bicyclic) bond motifs is 1. The molecule has 1 aliphatic heterocycles. The van der Waals surface area contributed by atoms with Crippen molar-refractivity contribution in [2.45, 2.75) is 12.8 Å². The van der Waals surface area contributed by atoms with Crippen LogP contribution in [0.4, 0.5) is 0 Å². The summed E-state index contributed by atoms with van der Waals surface area (Å²) < 4.78 is 6.31. The molecule has 1 unspecified atom stereocenters. The Morgan fingerprint density at radius 3 is 2.57 bits per heavy atom. The van der Waals surface area contributed by atoms with Crippen LogP contribution in [0.5, 0.6) is 11.5 Å². The SMILES string of the molecule is c1ccc(Oc2cccc3ccccc23)c(CC2CCNC2)c1. The minimum absolute atomic E-state index is 0.715. The molecule has 0 spiro atoms. The van der Waals surface area contributed by atoms with Gasteiger partial charge in [0.2, 0.25) is 0 Å². The van der Waals surface area contributed by atoms with Crippen molar-refractivity contribution >= 4 is 10.8 Å². The Morgan fingerprint density at radius 1 is 0.870 bits per heavy atom. The smallest absolute Gasteiger partial charge is 0.135 e. The quantitative estimate of drug-likeness (QED) is 0.748. The van der Waals surface area contributed by atoms with Crippen LogP contribution in [-0.4, -0.2) is 13.1 Å². The Labute approximate surface area is 137 Å². The molecule has 1 N–H and O–H groups in total. The lowest BCUT2D eigenvalue weighted by Gasteiger charge is -2.15. The number of para-hydroxylation sites is 1. The zero-order valence-electron chi connectivity index (χ0n) is 13.2. The van der Waals surface area contributed by atoms with E-state index in [4.69, 9.17) is 4.74 Å². The van der Waals surface area contributed by atoms with Gasteiger partial charge >= 0.3 is 0 Å². The second-order valence-electron chi connectivity index (χ2n) is 6.25. The zero-order valence-corrected chi connectivity index (χ0v) is 13.2. The van der Waals surface area contributed by atoms with Crippen LogP contribution in [0.2, 0.25) is 0 Å². The van der Waals surface area contributed by atoms with Crippen molar-refractivity contribution in [1.82, 2.24) is 5.32 Å². The molecule has 0 amide bonds. The Bertz CT molecular complexity index is 800.